The number of carbonyl (C=O) groups excluding carboxylic acids is 4. The van der Waals surface area contributed by atoms with Gasteiger partial charge in [-0.05, 0) is 46.3 Å². The van der Waals surface area contributed by atoms with E-state index < -0.39 is 98.9 Å². The second-order valence-electron chi connectivity index (χ2n) is 21.4. The molecule has 3 aliphatic rings. The normalized spacial score (nSPS) is 24.8. The quantitative estimate of drug-likeness (QED) is 0.0160. The fraction of sp³-hybridized carbons (Fsp3) is 0.460. The first-order chi connectivity index (χ1) is 39.3. The molecular weight excluding hydrogens is 1080 g/mol. The molecule has 81 heavy (non-hydrogen) atoms. The van der Waals surface area contributed by atoms with Gasteiger partial charge in [0.15, 0.2) is 31.1 Å². The summed E-state index contributed by atoms with van der Waals surface area (Å²) in [5, 5.41) is 1.46. The topological polar surface area (TPSA) is 179 Å². The number of halogens is 1. The van der Waals surface area contributed by atoms with E-state index in [2.05, 4.69) is 45.0 Å². The summed E-state index contributed by atoms with van der Waals surface area (Å²) in [6.45, 7) is 7.96. The summed E-state index contributed by atoms with van der Waals surface area (Å²) in [5.74, 6) is -2.71. The first kappa shape index (κ1) is 61.4. The first-order valence-corrected chi connectivity index (χ1v) is 30.2. The second-order valence-corrected chi connectivity index (χ2v) is 25.9. The van der Waals surface area contributed by atoms with E-state index in [-0.39, 0.29) is 64.0 Å². The highest BCUT2D eigenvalue weighted by atomic mass is 35.5. The number of rotatable bonds is 27. The zero-order valence-corrected chi connectivity index (χ0v) is 48.4. The molecule has 18 heteroatoms. The second kappa shape index (κ2) is 30.0. The van der Waals surface area contributed by atoms with Gasteiger partial charge in [-0.1, -0.05) is 179 Å². The first-order valence-electron chi connectivity index (χ1n) is 27.7. The minimum Gasteiger partial charge on any atom is -0.469 e. The molecule has 5 aromatic carbocycles. The van der Waals surface area contributed by atoms with Crippen molar-refractivity contribution in [1.82, 2.24) is 0 Å². The summed E-state index contributed by atoms with van der Waals surface area (Å²) in [6.07, 6.45) is -11.3. The van der Waals surface area contributed by atoms with Crippen molar-refractivity contribution >= 4 is 54.0 Å². The monoisotopic (exact) mass is 1150 g/mol. The molecule has 3 saturated heterocycles. The molecule has 16 nitrogen and oxygen atoms in total. The van der Waals surface area contributed by atoms with Crippen LogP contribution in [0.15, 0.2) is 152 Å². The minimum absolute atomic E-state index is 0.0409. The van der Waals surface area contributed by atoms with Crippen molar-refractivity contribution < 1.29 is 75.7 Å². The van der Waals surface area contributed by atoms with Gasteiger partial charge < -0.3 is 61.3 Å². The Kier molecular flexibility index (Phi) is 22.8. The Morgan fingerprint density at radius 1 is 0.580 bits per heavy atom. The molecule has 1 unspecified atom stereocenters. The Labute approximate surface area is 481 Å². The number of ketones is 1. The molecule has 11 atom stereocenters. The summed E-state index contributed by atoms with van der Waals surface area (Å²) < 4.78 is 80.1. The Morgan fingerprint density at radius 3 is 1.72 bits per heavy atom. The van der Waals surface area contributed by atoms with E-state index in [0.717, 1.165) is 27.1 Å². The van der Waals surface area contributed by atoms with Crippen molar-refractivity contribution in [2.24, 2.45) is 0 Å². The van der Waals surface area contributed by atoms with E-state index in [4.69, 9.17) is 68.1 Å². The van der Waals surface area contributed by atoms with Crippen molar-refractivity contribution in [2.75, 3.05) is 32.8 Å². The lowest BCUT2D eigenvalue weighted by molar-refractivity contribution is -0.394. The highest BCUT2D eigenvalue weighted by molar-refractivity contribution is 6.99. The molecule has 0 bridgehead atoms. The number of esters is 3. The van der Waals surface area contributed by atoms with Crippen LogP contribution in [0, 0.1) is 0 Å². The number of Topliss-reactive ketones (excluding diaryl/α,β-unsaturated/α-hetero) is 1. The van der Waals surface area contributed by atoms with Crippen LogP contribution in [-0.4, -0.2) is 126 Å². The number of unbranched alkanes of at least 4 members (excludes halogenated alkanes) is 2. The molecule has 0 aliphatic carbocycles. The molecule has 0 N–H and O–H groups in total. The Bertz CT molecular complexity index is 2680. The van der Waals surface area contributed by atoms with Crippen LogP contribution in [0.25, 0.3) is 0 Å². The molecule has 434 valence electrons. The zero-order valence-electron chi connectivity index (χ0n) is 46.7. The van der Waals surface area contributed by atoms with Gasteiger partial charge in [0.25, 0.3) is 8.32 Å². The summed E-state index contributed by atoms with van der Waals surface area (Å²) in [6, 6.07) is 48.9. The summed E-state index contributed by atoms with van der Waals surface area (Å²) in [5.41, 5.74) is 2.52. The molecule has 0 aromatic heterocycles. The molecule has 3 fully saturated rings. The third-order valence-corrected chi connectivity index (χ3v) is 19.8. The fourth-order valence-electron chi connectivity index (χ4n) is 10.5. The Morgan fingerprint density at radius 2 is 1.15 bits per heavy atom. The van der Waals surface area contributed by atoms with Crippen LogP contribution in [0.5, 0.6) is 0 Å². The highest BCUT2D eigenvalue weighted by Crippen LogP contribution is 2.42. The number of ether oxygens (including phenoxy) is 11. The average molecular weight is 1150 g/mol. The molecule has 3 heterocycles. The Balaban J connectivity index is 1.24. The fourth-order valence-corrected chi connectivity index (χ4v) is 15.2. The summed E-state index contributed by atoms with van der Waals surface area (Å²) in [4.78, 5) is 52.5. The van der Waals surface area contributed by atoms with Crippen molar-refractivity contribution in [2.45, 2.75) is 152 Å². The molecule has 0 spiro atoms. The standard InChI is InChI=1S/C63H75ClO16Si/c1-43(65)35-36-52(67)77-55-50(42-74-81(63(2,3)4,47-30-18-9-19-31-47)48-32-20-10-21-33-48)75-61(70-37-23-11-22-34-51(66)69-5)59(78-53(68)38-64)57(55)80-62-58(72-40-45-26-14-7-15-27-45)56(71-39-44-24-12-6-13-25-44)54-49(76-62)41-73-60(79-54)46-28-16-8-17-29-46/h6-10,12-21,24-33,49-50,54-62H,11,22-23,34-42H2,1-5H3/t49-,50-,54+,55+,56+,57+,58-,59-,60?,61-,62-/m1/s1. The van der Waals surface area contributed by atoms with Crippen molar-refractivity contribution in [3.8, 4) is 0 Å². The van der Waals surface area contributed by atoms with Crippen LogP contribution >= 0.6 is 11.6 Å². The molecule has 0 amide bonds. The smallest absolute Gasteiger partial charge is 0.321 e. The molecular formula is C63H75ClO16Si. The maximum atomic E-state index is 14.3. The maximum Gasteiger partial charge on any atom is 0.321 e. The predicted molar refractivity (Wildman–Crippen MR) is 303 cm³/mol. The zero-order chi connectivity index (χ0) is 57.2. The average Bonchev–Trinajstić information content (AvgIpc) is 3.50. The van der Waals surface area contributed by atoms with Crippen LogP contribution in [0.2, 0.25) is 5.04 Å². The maximum absolute atomic E-state index is 14.3. The van der Waals surface area contributed by atoms with Crippen LogP contribution in [0.1, 0.15) is 89.2 Å². The lowest BCUT2D eigenvalue weighted by Crippen LogP contribution is -2.70. The van der Waals surface area contributed by atoms with Crippen molar-refractivity contribution in [3.05, 3.63) is 168 Å². The SMILES string of the molecule is COC(=O)CCCCCO[C@@H]1O[C@H](CO[Si](c2ccccc2)(c2ccccc2)C(C)(C)C)[C@H](OC(=O)CCC(C)=O)[C@H](O[C@H]2O[C@@H]3COC(c4ccccc4)O[C@@H]3[C@H](OCc3ccccc3)[C@H]2OCc2ccccc2)[C@H]1OC(=O)CCl. The van der Waals surface area contributed by atoms with Gasteiger partial charge in [-0.15, -0.1) is 11.6 Å². The number of benzene rings is 5. The van der Waals surface area contributed by atoms with Gasteiger partial charge in [-0.3, -0.25) is 14.4 Å². The number of hydrogen-bond acceptors (Lipinski definition) is 16. The van der Waals surface area contributed by atoms with Crippen LogP contribution in [0.3, 0.4) is 0 Å². The van der Waals surface area contributed by atoms with E-state index in [0.29, 0.717) is 19.3 Å². The van der Waals surface area contributed by atoms with Gasteiger partial charge in [-0.25, -0.2) is 0 Å². The number of fused-ring (bicyclic) bond motifs is 1. The van der Waals surface area contributed by atoms with Gasteiger partial charge in [-0.2, -0.15) is 0 Å². The number of hydrogen-bond donors (Lipinski definition) is 0. The molecule has 3 aliphatic heterocycles. The Hall–Kier alpha value is -5.67. The molecule has 5 aromatic rings. The van der Waals surface area contributed by atoms with Crippen molar-refractivity contribution in [3.63, 3.8) is 0 Å². The third-order valence-electron chi connectivity index (χ3n) is 14.5. The minimum atomic E-state index is -3.35. The summed E-state index contributed by atoms with van der Waals surface area (Å²) in [7, 11) is -2.00. The molecule has 0 saturated carbocycles. The molecule has 8 rings (SSSR count). The number of alkyl halides is 1. The van der Waals surface area contributed by atoms with E-state index >= 15 is 0 Å². The van der Waals surface area contributed by atoms with Crippen LogP contribution in [0.4, 0.5) is 0 Å². The van der Waals surface area contributed by atoms with E-state index in [9.17, 15) is 19.2 Å². The van der Waals surface area contributed by atoms with E-state index in [1.807, 2.05) is 127 Å². The highest BCUT2D eigenvalue weighted by Gasteiger charge is 2.58. The van der Waals surface area contributed by atoms with Gasteiger partial charge in [0, 0.05) is 25.0 Å². The van der Waals surface area contributed by atoms with Crippen molar-refractivity contribution in [1.29, 1.82) is 0 Å². The number of carbonyl (C=O) groups is 4. The van der Waals surface area contributed by atoms with Crippen LogP contribution < -0.4 is 10.4 Å². The van der Waals surface area contributed by atoms with Gasteiger partial charge in [0.05, 0.1) is 40.0 Å². The third kappa shape index (κ3) is 16.3. The lowest BCUT2D eigenvalue weighted by atomic mass is 9.95. The van der Waals surface area contributed by atoms with Gasteiger partial charge >= 0.3 is 17.9 Å². The van der Waals surface area contributed by atoms with Crippen LogP contribution in [-0.2, 0) is 88.9 Å². The van der Waals surface area contributed by atoms with Gasteiger partial charge in [0.1, 0.15) is 48.3 Å². The summed E-state index contributed by atoms with van der Waals surface area (Å²) >= 11 is 6.24. The largest absolute Gasteiger partial charge is 0.469 e. The lowest BCUT2D eigenvalue weighted by Gasteiger charge is -2.51. The van der Waals surface area contributed by atoms with E-state index in [1.54, 1.807) is 0 Å². The molecule has 0 radical (unpaired) electrons. The number of methoxy groups -OCH3 is 1. The van der Waals surface area contributed by atoms with Gasteiger partial charge in [0.2, 0.25) is 0 Å². The predicted octanol–water partition coefficient (Wildman–Crippen LogP) is 8.86. The van der Waals surface area contributed by atoms with E-state index in [1.165, 1.54) is 14.0 Å².